The Bertz CT molecular complexity index is 434. The zero-order valence-corrected chi connectivity index (χ0v) is 12.3. The molecule has 0 saturated heterocycles. The molecular formula is C15H23NO4. The largest absolute Gasteiger partial charge is 0.493 e. The van der Waals surface area contributed by atoms with Crippen molar-refractivity contribution in [1.82, 2.24) is 5.32 Å². The molecule has 0 heterocycles. The van der Waals surface area contributed by atoms with Gasteiger partial charge in [0.25, 0.3) is 0 Å². The van der Waals surface area contributed by atoms with Crippen molar-refractivity contribution in [2.45, 2.75) is 32.7 Å². The van der Waals surface area contributed by atoms with Crippen LogP contribution in [0.3, 0.4) is 0 Å². The molecule has 1 aromatic rings. The molecule has 5 heteroatoms. The predicted octanol–water partition coefficient (Wildman–Crippen LogP) is 2.61. The second-order valence-electron chi connectivity index (χ2n) is 4.48. The number of carboxylic acids is 1. The SMILES string of the molecule is CCCNC(C(=O)O)c1ccc(OCCC)c(OC)c1. The minimum Gasteiger partial charge on any atom is -0.493 e. The smallest absolute Gasteiger partial charge is 0.325 e. The number of hydrogen-bond acceptors (Lipinski definition) is 4. The first-order chi connectivity index (χ1) is 9.63. The number of nitrogens with one attached hydrogen (secondary N) is 1. The number of methoxy groups -OCH3 is 1. The molecule has 1 rings (SSSR count). The van der Waals surface area contributed by atoms with E-state index in [4.69, 9.17) is 9.47 Å². The number of hydrogen-bond donors (Lipinski definition) is 2. The van der Waals surface area contributed by atoms with Crippen molar-refractivity contribution >= 4 is 5.97 Å². The van der Waals surface area contributed by atoms with Gasteiger partial charge in [-0.15, -0.1) is 0 Å². The second kappa shape index (κ2) is 8.43. The Morgan fingerprint density at radius 2 is 2.05 bits per heavy atom. The van der Waals surface area contributed by atoms with Crippen LogP contribution >= 0.6 is 0 Å². The first-order valence-corrected chi connectivity index (χ1v) is 6.90. The Kier molecular flexibility index (Phi) is 6.87. The standard InChI is InChI=1S/C15H23NO4/c1-4-8-16-14(15(17)18)11-6-7-12(20-9-5-2)13(10-11)19-3/h6-7,10,14,16H,4-5,8-9H2,1-3H3,(H,17,18). The van der Waals surface area contributed by atoms with Crippen LogP contribution in [0.4, 0.5) is 0 Å². The monoisotopic (exact) mass is 281 g/mol. The molecular weight excluding hydrogens is 258 g/mol. The van der Waals surface area contributed by atoms with Crippen LogP contribution in [-0.2, 0) is 4.79 Å². The van der Waals surface area contributed by atoms with Crippen molar-refractivity contribution in [2.75, 3.05) is 20.3 Å². The summed E-state index contributed by atoms with van der Waals surface area (Å²) >= 11 is 0. The lowest BCUT2D eigenvalue weighted by Gasteiger charge is -2.17. The van der Waals surface area contributed by atoms with E-state index in [2.05, 4.69) is 5.32 Å². The number of aliphatic carboxylic acids is 1. The summed E-state index contributed by atoms with van der Waals surface area (Å²) in [5.74, 6) is 0.293. The van der Waals surface area contributed by atoms with Gasteiger partial charge in [-0.05, 0) is 37.1 Å². The van der Waals surface area contributed by atoms with Crippen LogP contribution in [0.15, 0.2) is 18.2 Å². The third-order valence-electron chi connectivity index (χ3n) is 2.83. The van der Waals surface area contributed by atoms with Gasteiger partial charge in [0.05, 0.1) is 13.7 Å². The van der Waals surface area contributed by atoms with Crippen molar-refractivity contribution in [3.05, 3.63) is 23.8 Å². The first-order valence-electron chi connectivity index (χ1n) is 6.90. The molecule has 2 N–H and O–H groups in total. The number of carboxylic acid groups (broad SMARTS) is 1. The molecule has 1 unspecified atom stereocenters. The maximum absolute atomic E-state index is 11.3. The highest BCUT2D eigenvalue weighted by Crippen LogP contribution is 2.30. The highest BCUT2D eigenvalue weighted by atomic mass is 16.5. The van der Waals surface area contributed by atoms with Gasteiger partial charge >= 0.3 is 5.97 Å². The van der Waals surface area contributed by atoms with Crippen LogP contribution in [0.1, 0.15) is 38.3 Å². The zero-order chi connectivity index (χ0) is 15.0. The molecule has 1 aromatic carbocycles. The Balaban J connectivity index is 2.96. The van der Waals surface area contributed by atoms with Gasteiger partial charge in [0.15, 0.2) is 11.5 Å². The molecule has 1 atom stereocenters. The van der Waals surface area contributed by atoms with Gasteiger partial charge < -0.3 is 19.9 Å². The number of rotatable bonds is 9. The summed E-state index contributed by atoms with van der Waals surface area (Å²) in [5.41, 5.74) is 0.659. The molecule has 0 fully saturated rings. The van der Waals surface area contributed by atoms with Crippen LogP contribution in [0.2, 0.25) is 0 Å². The summed E-state index contributed by atoms with van der Waals surface area (Å²) in [4.78, 5) is 11.3. The second-order valence-corrected chi connectivity index (χ2v) is 4.48. The van der Waals surface area contributed by atoms with E-state index in [1.165, 1.54) is 0 Å². The molecule has 0 amide bonds. The molecule has 0 aliphatic rings. The fourth-order valence-corrected chi connectivity index (χ4v) is 1.83. The molecule has 0 aromatic heterocycles. The molecule has 5 nitrogen and oxygen atoms in total. The quantitative estimate of drug-likeness (QED) is 0.728. The maximum atomic E-state index is 11.3. The average Bonchev–Trinajstić information content (AvgIpc) is 2.45. The number of ether oxygens (including phenoxy) is 2. The number of benzene rings is 1. The summed E-state index contributed by atoms with van der Waals surface area (Å²) in [6, 6.07) is 4.50. The summed E-state index contributed by atoms with van der Waals surface area (Å²) in [6.45, 7) is 5.27. The lowest BCUT2D eigenvalue weighted by Crippen LogP contribution is -2.29. The molecule has 20 heavy (non-hydrogen) atoms. The van der Waals surface area contributed by atoms with Crippen LogP contribution in [-0.4, -0.2) is 31.3 Å². The van der Waals surface area contributed by atoms with Gasteiger partial charge in [-0.1, -0.05) is 19.9 Å². The van der Waals surface area contributed by atoms with Gasteiger partial charge in [-0.25, -0.2) is 0 Å². The number of carbonyl (C=O) groups is 1. The van der Waals surface area contributed by atoms with E-state index in [-0.39, 0.29) is 0 Å². The van der Waals surface area contributed by atoms with E-state index in [1.807, 2.05) is 13.8 Å². The van der Waals surface area contributed by atoms with Gasteiger partial charge in [-0.2, -0.15) is 0 Å². The summed E-state index contributed by atoms with van der Waals surface area (Å²) in [5, 5.41) is 12.3. The molecule has 0 radical (unpaired) electrons. The topological polar surface area (TPSA) is 67.8 Å². The van der Waals surface area contributed by atoms with E-state index < -0.39 is 12.0 Å². The third kappa shape index (κ3) is 4.42. The lowest BCUT2D eigenvalue weighted by atomic mass is 10.1. The highest BCUT2D eigenvalue weighted by Gasteiger charge is 2.20. The minimum atomic E-state index is -0.900. The predicted molar refractivity (Wildman–Crippen MR) is 77.5 cm³/mol. The molecule has 0 saturated carbocycles. The summed E-state index contributed by atoms with van der Waals surface area (Å²) in [6.07, 6.45) is 1.78. The third-order valence-corrected chi connectivity index (χ3v) is 2.83. The van der Waals surface area contributed by atoms with Crippen molar-refractivity contribution in [3.63, 3.8) is 0 Å². The minimum absolute atomic E-state index is 0.556. The van der Waals surface area contributed by atoms with Crippen molar-refractivity contribution in [1.29, 1.82) is 0 Å². The molecule has 0 spiro atoms. The van der Waals surface area contributed by atoms with Crippen LogP contribution in [0, 0.1) is 0 Å². The molecule has 0 aliphatic carbocycles. The van der Waals surface area contributed by atoms with E-state index in [0.29, 0.717) is 30.2 Å². The van der Waals surface area contributed by atoms with Gasteiger partial charge in [0, 0.05) is 0 Å². The summed E-state index contributed by atoms with van der Waals surface area (Å²) in [7, 11) is 1.55. The Morgan fingerprint density at radius 1 is 1.30 bits per heavy atom. The maximum Gasteiger partial charge on any atom is 0.325 e. The van der Waals surface area contributed by atoms with Gasteiger partial charge in [0.2, 0.25) is 0 Å². The molecule has 0 bridgehead atoms. The van der Waals surface area contributed by atoms with Crippen LogP contribution in [0.25, 0.3) is 0 Å². The van der Waals surface area contributed by atoms with Gasteiger partial charge in [0.1, 0.15) is 6.04 Å². The van der Waals surface area contributed by atoms with E-state index in [9.17, 15) is 9.90 Å². The Labute approximate surface area is 119 Å². The van der Waals surface area contributed by atoms with Crippen molar-refractivity contribution < 1.29 is 19.4 Å². The molecule has 0 aliphatic heterocycles. The fourth-order valence-electron chi connectivity index (χ4n) is 1.83. The van der Waals surface area contributed by atoms with Gasteiger partial charge in [-0.3, -0.25) is 4.79 Å². The van der Waals surface area contributed by atoms with Crippen molar-refractivity contribution in [3.8, 4) is 11.5 Å². The van der Waals surface area contributed by atoms with Crippen molar-refractivity contribution in [2.24, 2.45) is 0 Å². The normalized spacial score (nSPS) is 11.9. The van der Waals surface area contributed by atoms with Crippen LogP contribution < -0.4 is 14.8 Å². The van der Waals surface area contributed by atoms with E-state index in [0.717, 1.165) is 12.8 Å². The van der Waals surface area contributed by atoms with E-state index >= 15 is 0 Å². The Morgan fingerprint density at radius 3 is 2.60 bits per heavy atom. The first kappa shape index (κ1) is 16.3. The Hall–Kier alpha value is -1.75. The average molecular weight is 281 g/mol. The van der Waals surface area contributed by atoms with E-state index in [1.54, 1.807) is 25.3 Å². The van der Waals surface area contributed by atoms with Crippen LogP contribution in [0.5, 0.6) is 11.5 Å². The highest BCUT2D eigenvalue weighted by molar-refractivity contribution is 5.76. The fraction of sp³-hybridized carbons (Fsp3) is 0.533. The lowest BCUT2D eigenvalue weighted by molar-refractivity contribution is -0.139. The summed E-state index contributed by atoms with van der Waals surface area (Å²) < 4.78 is 10.8. The molecule has 112 valence electrons. The zero-order valence-electron chi connectivity index (χ0n) is 12.3.